The molecule has 0 saturated carbocycles. The highest BCUT2D eigenvalue weighted by atomic mass is 35.5. The van der Waals surface area contributed by atoms with Crippen LogP contribution in [0.4, 0.5) is 0 Å². The number of rotatable bonds is 4. The first-order valence-corrected chi connectivity index (χ1v) is 7.80. The van der Waals surface area contributed by atoms with Gasteiger partial charge in [0.2, 0.25) is 0 Å². The van der Waals surface area contributed by atoms with Gasteiger partial charge in [-0.05, 0) is 44.2 Å². The Morgan fingerprint density at radius 2 is 1.41 bits per heavy atom. The van der Waals surface area contributed by atoms with Gasteiger partial charge in [0.1, 0.15) is 5.75 Å². The van der Waals surface area contributed by atoms with Gasteiger partial charge in [-0.15, -0.1) is 0 Å². The lowest BCUT2D eigenvalue weighted by molar-refractivity contribution is 0.162. The highest BCUT2D eigenvalue weighted by molar-refractivity contribution is 6.35. The Hall–Kier alpha value is -1.13. The van der Waals surface area contributed by atoms with E-state index in [2.05, 4.69) is 0 Å². The third-order valence-electron chi connectivity index (χ3n) is 2.44. The number of hydrogen-bond donors (Lipinski definition) is 1. The van der Waals surface area contributed by atoms with Gasteiger partial charge in [-0.3, -0.25) is 0 Å². The molecule has 0 fully saturated rings. The van der Waals surface area contributed by atoms with Crippen molar-refractivity contribution in [3.63, 3.8) is 0 Å². The summed E-state index contributed by atoms with van der Waals surface area (Å²) >= 11 is 17.4. The van der Waals surface area contributed by atoms with Crippen molar-refractivity contribution in [3.8, 4) is 17.2 Å². The quantitative estimate of drug-likeness (QED) is 0.704. The monoisotopic (exact) mass is 362 g/mol. The Labute approximate surface area is 145 Å². The minimum absolute atomic E-state index is 0.0523. The molecule has 0 amide bonds. The van der Waals surface area contributed by atoms with Crippen LogP contribution in [-0.2, 0) is 4.74 Å². The summed E-state index contributed by atoms with van der Waals surface area (Å²) in [5, 5.41) is 10.9. The average molecular weight is 364 g/mol. The molecule has 6 heteroatoms. The summed E-state index contributed by atoms with van der Waals surface area (Å²) in [7, 11) is 0. The van der Waals surface area contributed by atoms with Crippen molar-refractivity contribution in [2.45, 2.75) is 13.8 Å². The summed E-state index contributed by atoms with van der Waals surface area (Å²) in [5.41, 5.74) is 0. The fraction of sp³-hybridized carbons (Fsp3) is 0.250. The van der Waals surface area contributed by atoms with Gasteiger partial charge in [0, 0.05) is 29.3 Å². The number of benzene rings is 2. The summed E-state index contributed by atoms with van der Waals surface area (Å²) in [6.07, 6.45) is 0. The predicted octanol–water partition coefficient (Wildman–Crippen LogP) is 6.19. The van der Waals surface area contributed by atoms with E-state index in [-0.39, 0.29) is 11.5 Å². The van der Waals surface area contributed by atoms with Crippen molar-refractivity contribution in [1.82, 2.24) is 0 Å². The van der Waals surface area contributed by atoms with Gasteiger partial charge >= 0.3 is 0 Å². The van der Waals surface area contributed by atoms with Crippen LogP contribution in [0.2, 0.25) is 15.1 Å². The van der Waals surface area contributed by atoms with Crippen molar-refractivity contribution < 1.29 is 14.6 Å². The maximum Gasteiger partial charge on any atom is 0.169 e. The van der Waals surface area contributed by atoms with E-state index in [1.807, 2.05) is 13.8 Å². The molecule has 22 heavy (non-hydrogen) atoms. The minimum atomic E-state index is -0.0523. The molecule has 0 bridgehead atoms. The lowest BCUT2D eigenvalue weighted by atomic mass is 10.3. The topological polar surface area (TPSA) is 38.7 Å². The third kappa shape index (κ3) is 6.32. The van der Waals surface area contributed by atoms with E-state index >= 15 is 0 Å². The van der Waals surface area contributed by atoms with E-state index in [4.69, 9.17) is 44.3 Å². The van der Waals surface area contributed by atoms with Gasteiger partial charge in [-0.1, -0.05) is 34.8 Å². The highest BCUT2D eigenvalue weighted by Crippen LogP contribution is 2.36. The van der Waals surface area contributed by atoms with Crippen LogP contribution in [0.3, 0.4) is 0 Å². The van der Waals surface area contributed by atoms with Crippen LogP contribution in [0, 0.1) is 0 Å². The Balaban J connectivity index is 0.000000422. The summed E-state index contributed by atoms with van der Waals surface area (Å²) in [5.74, 6) is 0.635. The third-order valence-corrected chi connectivity index (χ3v) is 3.21. The number of aromatic hydroxyl groups is 1. The zero-order valence-electron chi connectivity index (χ0n) is 12.3. The molecule has 0 saturated heterocycles. The van der Waals surface area contributed by atoms with Crippen molar-refractivity contribution in [3.05, 3.63) is 51.5 Å². The largest absolute Gasteiger partial charge is 0.504 e. The maximum atomic E-state index is 9.62. The van der Waals surface area contributed by atoms with Crippen LogP contribution in [-0.4, -0.2) is 18.3 Å². The van der Waals surface area contributed by atoms with Crippen molar-refractivity contribution in [1.29, 1.82) is 0 Å². The van der Waals surface area contributed by atoms with E-state index in [1.165, 1.54) is 6.07 Å². The summed E-state index contributed by atoms with van der Waals surface area (Å²) in [6, 6.07) is 9.39. The molecule has 0 spiro atoms. The zero-order chi connectivity index (χ0) is 16.5. The first kappa shape index (κ1) is 18.9. The highest BCUT2D eigenvalue weighted by Gasteiger charge is 2.08. The number of halogens is 3. The van der Waals surface area contributed by atoms with Crippen LogP contribution < -0.4 is 4.74 Å². The molecule has 2 aromatic carbocycles. The molecule has 3 nitrogen and oxygen atoms in total. The van der Waals surface area contributed by atoms with Crippen LogP contribution in [0.5, 0.6) is 17.2 Å². The van der Waals surface area contributed by atoms with E-state index in [1.54, 1.807) is 30.3 Å². The fourth-order valence-corrected chi connectivity index (χ4v) is 2.07. The second-order valence-electron chi connectivity index (χ2n) is 4.07. The van der Waals surface area contributed by atoms with Crippen LogP contribution in [0.1, 0.15) is 13.8 Å². The van der Waals surface area contributed by atoms with Gasteiger partial charge in [0.15, 0.2) is 11.5 Å². The molecule has 0 aliphatic rings. The zero-order valence-corrected chi connectivity index (χ0v) is 14.5. The normalized spacial score (nSPS) is 9.86. The number of phenols is 1. The van der Waals surface area contributed by atoms with Crippen LogP contribution >= 0.6 is 34.8 Å². The molecule has 0 atom stereocenters. The molecule has 1 N–H and O–H groups in total. The van der Waals surface area contributed by atoms with E-state index in [0.717, 1.165) is 13.2 Å². The maximum absolute atomic E-state index is 9.62. The van der Waals surface area contributed by atoms with Crippen LogP contribution in [0.25, 0.3) is 0 Å². The molecule has 0 aliphatic heterocycles. The van der Waals surface area contributed by atoms with Crippen molar-refractivity contribution >= 4 is 34.8 Å². The van der Waals surface area contributed by atoms with Gasteiger partial charge in [-0.2, -0.15) is 0 Å². The molecule has 2 rings (SSSR count). The molecule has 120 valence electrons. The first-order chi connectivity index (χ1) is 10.5. The molecule has 2 aromatic rings. The second kappa shape index (κ2) is 9.80. The molecular formula is C16H17Cl3O3. The lowest BCUT2D eigenvalue weighted by Gasteiger charge is -2.09. The number of phenolic OH excluding ortho intramolecular Hbond substituents is 1. The van der Waals surface area contributed by atoms with E-state index in [0.29, 0.717) is 20.8 Å². The van der Waals surface area contributed by atoms with Gasteiger partial charge < -0.3 is 14.6 Å². The van der Waals surface area contributed by atoms with E-state index in [9.17, 15) is 5.11 Å². The summed E-state index contributed by atoms with van der Waals surface area (Å²) < 4.78 is 10.3. The molecule has 0 aromatic heterocycles. The molecule has 0 unspecified atom stereocenters. The first-order valence-electron chi connectivity index (χ1n) is 6.67. The lowest BCUT2D eigenvalue weighted by Crippen LogP contribution is -1.86. The van der Waals surface area contributed by atoms with Gasteiger partial charge in [0.25, 0.3) is 0 Å². The molecular weight excluding hydrogens is 347 g/mol. The predicted molar refractivity (Wildman–Crippen MR) is 91.8 cm³/mol. The minimum Gasteiger partial charge on any atom is -0.504 e. The smallest absolute Gasteiger partial charge is 0.169 e. The number of ether oxygens (including phenoxy) is 2. The Morgan fingerprint density at radius 1 is 0.864 bits per heavy atom. The molecule has 0 radical (unpaired) electrons. The second-order valence-corrected chi connectivity index (χ2v) is 5.35. The Bertz CT molecular complexity index is 552. The molecule has 0 heterocycles. The Kier molecular flexibility index (Phi) is 8.43. The number of hydrogen-bond acceptors (Lipinski definition) is 3. The van der Waals surface area contributed by atoms with Gasteiger partial charge in [0.05, 0.1) is 5.02 Å². The Morgan fingerprint density at radius 3 is 1.86 bits per heavy atom. The SMILES string of the molecule is CCOCC.Oc1cc(Cl)ccc1Oc1ccc(Cl)cc1Cl. The summed E-state index contributed by atoms with van der Waals surface area (Å²) in [4.78, 5) is 0. The van der Waals surface area contributed by atoms with Gasteiger partial charge in [-0.25, -0.2) is 0 Å². The van der Waals surface area contributed by atoms with E-state index < -0.39 is 0 Å². The fourth-order valence-electron chi connectivity index (χ4n) is 1.46. The van der Waals surface area contributed by atoms with Crippen molar-refractivity contribution in [2.24, 2.45) is 0 Å². The molecule has 0 aliphatic carbocycles. The summed E-state index contributed by atoms with van der Waals surface area (Å²) in [6.45, 7) is 5.67. The standard InChI is InChI=1S/C12H7Cl3O2.C4H10O/c13-7-1-3-11(9(15)5-7)17-12-4-2-8(14)6-10(12)16;1-3-5-4-2/h1-6,16H;3-4H2,1-2H3. The average Bonchev–Trinajstić information content (AvgIpc) is 2.46. The van der Waals surface area contributed by atoms with Crippen molar-refractivity contribution in [2.75, 3.05) is 13.2 Å². The van der Waals surface area contributed by atoms with Crippen LogP contribution in [0.15, 0.2) is 36.4 Å².